The van der Waals surface area contributed by atoms with Crippen molar-refractivity contribution < 1.29 is 14.3 Å². The molecule has 0 unspecified atom stereocenters. The maximum absolute atomic E-state index is 12.1. The summed E-state index contributed by atoms with van der Waals surface area (Å²) in [5.41, 5.74) is 2.65. The lowest BCUT2D eigenvalue weighted by Crippen LogP contribution is -2.12. The average molecular weight is 295 g/mol. The maximum Gasteiger partial charge on any atom is 0.337 e. The van der Waals surface area contributed by atoms with Crippen molar-refractivity contribution in [2.45, 2.75) is 6.92 Å². The van der Waals surface area contributed by atoms with E-state index in [0.717, 1.165) is 11.3 Å². The Morgan fingerprint density at radius 3 is 2.23 bits per heavy atom. The highest BCUT2D eigenvalue weighted by atomic mass is 16.5. The summed E-state index contributed by atoms with van der Waals surface area (Å²) in [6, 6.07) is 16.1. The van der Waals surface area contributed by atoms with E-state index in [4.69, 9.17) is 0 Å². The van der Waals surface area contributed by atoms with E-state index in [1.807, 2.05) is 30.3 Å². The largest absolute Gasteiger partial charge is 0.465 e. The molecule has 0 aliphatic rings. The van der Waals surface area contributed by atoms with Crippen molar-refractivity contribution in [3.05, 3.63) is 71.3 Å². The molecular weight excluding hydrogens is 278 g/mol. The van der Waals surface area contributed by atoms with Gasteiger partial charge in [0.1, 0.15) is 0 Å². The molecule has 1 amide bonds. The fourth-order valence-corrected chi connectivity index (χ4v) is 1.90. The van der Waals surface area contributed by atoms with E-state index in [0.29, 0.717) is 11.1 Å². The van der Waals surface area contributed by atoms with E-state index in [1.54, 1.807) is 37.3 Å². The third-order valence-electron chi connectivity index (χ3n) is 3.10. The number of ether oxygens (including phenoxy) is 1. The van der Waals surface area contributed by atoms with E-state index in [1.165, 1.54) is 7.11 Å². The summed E-state index contributed by atoms with van der Waals surface area (Å²) in [5.74, 6) is -0.544. The van der Waals surface area contributed by atoms with Crippen LogP contribution in [0.5, 0.6) is 0 Å². The van der Waals surface area contributed by atoms with Crippen LogP contribution in [0.15, 0.2) is 60.2 Å². The molecule has 0 atom stereocenters. The molecule has 0 radical (unpaired) electrons. The Morgan fingerprint density at radius 2 is 1.64 bits per heavy atom. The molecule has 0 saturated carbocycles. The molecule has 0 fully saturated rings. The van der Waals surface area contributed by atoms with Gasteiger partial charge in [-0.1, -0.05) is 30.3 Å². The van der Waals surface area contributed by atoms with Gasteiger partial charge in [-0.25, -0.2) is 4.79 Å². The molecule has 0 spiro atoms. The van der Waals surface area contributed by atoms with Crippen molar-refractivity contribution in [2.75, 3.05) is 12.4 Å². The van der Waals surface area contributed by atoms with Gasteiger partial charge in [-0.15, -0.1) is 0 Å². The quantitative estimate of drug-likeness (QED) is 0.693. The second kappa shape index (κ2) is 7.22. The molecule has 2 aromatic rings. The second-order valence-electron chi connectivity index (χ2n) is 4.76. The molecule has 0 saturated heterocycles. The number of carbonyl (C=O) groups is 2. The number of amides is 1. The summed E-state index contributed by atoms with van der Waals surface area (Å²) in [6.07, 6.45) is 1.76. The van der Waals surface area contributed by atoms with E-state index >= 15 is 0 Å². The molecular formula is C18H17NO3. The van der Waals surface area contributed by atoms with Gasteiger partial charge in [0, 0.05) is 11.3 Å². The van der Waals surface area contributed by atoms with E-state index in [9.17, 15) is 9.59 Å². The number of benzene rings is 2. The first-order chi connectivity index (χ1) is 10.6. The van der Waals surface area contributed by atoms with Crippen LogP contribution in [0.4, 0.5) is 5.69 Å². The molecule has 4 heteroatoms. The lowest BCUT2D eigenvalue weighted by atomic mass is 10.1. The summed E-state index contributed by atoms with van der Waals surface area (Å²) in [5, 5.41) is 2.82. The molecule has 0 aliphatic carbocycles. The predicted octanol–water partition coefficient (Wildman–Crippen LogP) is 3.52. The lowest BCUT2D eigenvalue weighted by molar-refractivity contribution is -0.112. The Kier molecular flexibility index (Phi) is 5.09. The van der Waals surface area contributed by atoms with Gasteiger partial charge in [-0.05, 0) is 42.8 Å². The first-order valence-electron chi connectivity index (χ1n) is 6.83. The minimum Gasteiger partial charge on any atom is -0.465 e. The molecule has 0 bridgehead atoms. The van der Waals surface area contributed by atoms with Gasteiger partial charge in [-0.2, -0.15) is 0 Å². The molecule has 22 heavy (non-hydrogen) atoms. The normalized spacial score (nSPS) is 10.9. The zero-order chi connectivity index (χ0) is 15.9. The third kappa shape index (κ3) is 4.06. The number of hydrogen-bond acceptors (Lipinski definition) is 3. The Labute approximate surface area is 129 Å². The minimum absolute atomic E-state index is 0.164. The van der Waals surface area contributed by atoms with Crippen LogP contribution in [0, 0.1) is 0 Å². The van der Waals surface area contributed by atoms with Gasteiger partial charge in [0.25, 0.3) is 5.91 Å². The molecule has 2 aromatic carbocycles. The number of hydrogen-bond donors (Lipinski definition) is 1. The minimum atomic E-state index is -0.380. The summed E-state index contributed by atoms with van der Waals surface area (Å²) < 4.78 is 4.64. The average Bonchev–Trinajstić information content (AvgIpc) is 2.55. The zero-order valence-electron chi connectivity index (χ0n) is 12.5. The number of anilines is 1. The summed E-state index contributed by atoms with van der Waals surface area (Å²) in [6.45, 7) is 1.74. The third-order valence-corrected chi connectivity index (χ3v) is 3.10. The number of methoxy groups -OCH3 is 1. The summed E-state index contributed by atoms with van der Waals surface area (Å²) in [4.78, 5) is 23.4. The van der Waals surface area contributed by atoms with Crippen molar-refractivity contribution in [2.24, 2.45) is 0 Å². The molecule has 0 aromatic heterocycles. The number of nitrogens with one attached hydrogen (secondary N) is 1. The number of rotatable bonds is 4. The van der Waals surface area contributed by atoms with Gasteiger partial charge in [-0.3, -0.25) is 4.79 Å². The standard InChI is InChI=1S/C18H17NO3/c1-13(17(20)19-16-6-4-3-5-7-16)12-14-8-10-15(11-9-14)18(21)22-2/h3-12H,1-2H3,(H,19,20). The van der Waals surface area contributed by atoms with Crippen LogP contribution in [0.25, 0.3) is 6.08 Å². The van der Waals surface area contributed by atoms with Crippen molar-refractivity contribution in [1.82, 2.24) is 0 Å². The van der Waals surface area contributed by atoms with Crippen molar-refractivity contribution >= 4 is 23.6 Å². The fraction of sp³-hybridized carbons (Fsp3) is 0.111. The van der Waals surface area contributed by atoms with Crippen LogP contribution in [0.2, 0.25) is 0 Å². The highest BCUT2D eigenvalue weighted by Crippen LogP contribution is 2.12. The Hall–Kier alpha value is -2.88. The van der Waals surface area contributed by atoms with E-state index in [-0.39, 0.29) is 11.9 Å². The monoisotopic (exact) mass is 295 g/mol. The molecule has 2 rings (SSSR count). The van der Waals surface area contributed by atoms with Crippen molar-refractivity contribution in [3.63, 3.8) is 0 Å². The van der Waals surface area contributed by atoms with Crippen LogP contribution in [-0.4, -0.2) is 19.0 Å². The first kappa shape index (κ1) is 15.5. The summed E-state index contributed by atoms with van der Waals surface area (Å²) in [7, 11) is 1.34. The van der Waals surface area contributed by atoms with Crippen LogP contribution in [0.1, 0.15) is 22.8 Å². The molecule has 4 nitrogen and oxygen atoms in total. The van der Waals surface area contributed by atoms with Crippen LogP contribution >= 0.6 is 0 Å². The first-order valence-corrected chi connectivity index (χ1v) is 6.83. The second-order valence-corrected chi connectivity index (χ2v) is 4.76. The Bertz CT molecular complexity index is 688. The van der Waals surface area contributed by atoms with Gasteiger partial charge >= 0.3 is 5.97 Å². The molecule has 112 valence electrons. The number of para-hydroxylation sites is 1. The Morgan fingerprint density at radius 1 is 1.00 bits per heavy atom. The van der Waals surface area contributed by atoms with Gasteiger partial charge in [0.15, 0.2) is 0 Å². The number of carbonyl (C=O) groups excluding carboxylic acids is 2. The van der Waals surface area contributed by atoms with Gasteiger partial charge in [0.2, 0.25) is 0 Å². The van der Waals surface area contributed by atoms with E-state index < -0.39 is 0 Å². The maximum atomic E-state index is 12.1. The van der Waals surface area contributed by atoms with Crippen LogP contribution in [-0.2, 0) is 9.53 Å². The molecule has 0 aliphatic heterocycles. The summed E-state index contributed by atoms with van der Waals surface area (Å²) >= 11 is 0. The smallest absolute Gasteiger partial charge is 0.337 e. The van der Waals surface area contributed by atoms with E-state index in [2.05, 4.69) is 10.1 Å². The van der Waals surface area contributed by atoms with Gasteiger partial charge in [0.05, 0.1) is 12.7 Å². The fourth-order valence-electron chi connectivity index (χ4n) is 1.90. The molecule has 0 heterocycles. The SMILES string of the molecule is COC(=O)c1ccc(C=C(C)C(=O)Nc2ccccc2)cc1. The highest BCUT2D eigenvalue weighted by molar-refractivity contribution is 6.06. The Balaban J connectivity index is 2.08. The predicted molar refractivity (Wildman–Crippen MR) is 86.5 cm³/mol. The van der Waals surface area contributed by atoms with Gasteiger partial charge < -0.3 is 10.1 Å². The number of esters is 1. The van der Waals surface area contributed by atoms with Crippen molar-refractivity contribution in [1.29, 1.82) is 0 Å². The topological polar surface area (TPSA) is 55.4 Å². The zero-order valence-corrected chi connectivity index (χ0v) is 12.5. The van der Waals surface area contributed by atoms with Crippen LogP contribution < -0.4 is 5.32 Å². The lowest BCUT2D eigenvalue weighted by Gasteiger charge is -2.05. The highest BCUT2D eigenvalue weighted by Gasteiger charge is 2.06. The van der Waals surface area contributed by atoms with Crippen molar-refractivity contribution in [3.8, 4) is 0 Å². The van der Waals surface area contributed by atoms with Crippen LogP contribution in [0.3, 0.4) is 0 Å². The molecule has 1 N–H and O–H groups in total.